The summed E-state index contributed by atoms with van der Waals surface area (Å²) in [6.45, 7) is 11.0. The number of rotatable bonds is 10. The van der Waals surface area contributed by atoms with E-state index in [2.05, 4.69) is 24.6 Å². The van der Waals surface area contributed by atoms with Crippen molar-refractivity contribution in [3.05, 3.63) is 62.6 Å². The van der Waals surface area contributed by atoms with Gasteiger partial charge in [0.15, 0.2) is 11.6 Å². The van der Waals surface area contributed by atoms with Crippen molar-refractivity contribution < 1.29 is 18.8 Å². The van der Waals surface area contributed by atoms with E-state index < -0.39 is 30.1 Å². The molecular formula is C22H29FN4O5Si. The second-order valence-electron chi connectivity index (χ2n) is 9.33. The number of pyridine rings is 2. The van der Waals surface area contributed by atoms with Gasteiger partial charge in [-0.05, 0) is 32.0 Å². The molecule has 0 unspecified atom stereocenters. The molecule has 0 N–H and O–H groups in total. The fourth-order valence-corrected chi connectivity index (χ4v) is 4.10. The highest BCUT2D eigenvalue weighted by Gasteiger charge is 2.21. The van der Waals surface area contributed by atoms with Gasteiger partial charge in [0.1, 0.15) is 12.2 Å². The van der Waals surface area contributed by atoms with Crippen LogP contribution in [0.3, 0.4) is 0 Å². The van der Waals surface area contributed by atoms with Crippen molar-refractivity contribution in [2.75, 3.05) is 6.61 Å². The summed E-state index contributed by atoms with van der Waals surface area (Å²) >= 11 is 0. The molecule has 0 radical (unpaired) electrons. The van der Waals surface area contributed by atoms with E-state index in [-0.39, 0.29) is 25.1 Å². The van der Waals surface area contributed by atoms with Gasteiger partial charge in [-0.25, -0.2) is 4.39 Å². The van der Waals surface area contributed by atoms with Crippen LogP contribution in [0, 0.1) is 15.9 Å². The van der Waals surface area contributed by atoms with Gasteiger partial charge in [-0.1, -0.05) is 19.6 Å². The van der Waals surface area contributed by atoms with Gasteiger partial charge in [-0.2, -0.15) is 0 Å². The molecule has 0 atom stereocenters. The van der Waals surface area contributed by atoms with E-state index in [1.54, 1.807) is 24.5 Å². The topological polar surface area (TPSA) is 101 Å². The quantitative estimate of drug-likeness (QED) is 0.186. The Hall–Kier alpha value is -3.05. The minimum atomic E-state index is -1.31. The van der Waals surface area contributed by atoms with Crippen LogP contribution in [-0.4, -0.2) is 39.8 Å². The summed E-state index contributed by atoms with van der Waals surface area (Å²) in [5.41, 5.74) is 0.253. The third kappa shape index (κ3) is 5.85. The van der Waals surface area contributed by atoms with Gasteiger partial charge < -0.3 is 18.6 Å². The van der Waals surface area contributed by atoms with E-state index in [9.17, 15) is 19.3 Å². The highest BCUT2D eigenvalue weighted by atomic mass is 28.3. The molecule has 0 saturated heterocycles. The molecule has 33 heavy (non-hydrogen) atoms. The number of hydrogen-bond donors (Lipinski definition) is 0. The highest BCUT2D eigenvalue weighted by molar-refractivity contribution is 6.76. The van der Waals surface area contributed by atoms with Crippen LogP contribution in [-0.2, 0) is 18.0 Å². The maximum absolute atomic E-state index is 14.7. The first-order valence-electron chi connectivity index (χ1n) is 10.7. The van der Waals surface area contributed by atoms with Crippen molar-refractivity contribution in [1.82, 2.24) is 14.1 Å². The molecule has 9 nitrogen and oxygen atoms in total. The molecule has 0 aliphatic heterocycles. The smallest absolute Gasteiger partial charge is 0.334 e. The van der Waals surface area contributed by atoms with Crippen molar-refractivity contribution in [3.8, 4) is 5.75 Å². The molecule has 0 saturated carbocycles. The lowest BCUT2D eigenvalue weighted by Crippen LogP contribution is -2.24. The molecule has 0 aliphatic rings. The van der Waals surface area contributed by atoms with Crippen LogP contribution in [0.5, 0.6) is 5.75 Å². The molecule has 3 heterocycles. The third-order valence-electron chi connectivity index (χ3n) is 5.01. The lowest BCUT2D eigenvalue weighted by molar-refractivity contribution is -0.386. The first-order valence-corrected chi connectivity index (χ1v) is 14.4. The number of nitrogens with zero attached hydrogens (tertiary/aromatic N) is 4. The van der Waals surface area contributed by atoms with E-state index in [4.69, 9.17) is 9.47 Å². The number of nitro groups is 1. The average Bonchev–Trinajstić information content (AvgIpc) is 3.05. The van der Waals surface area contributed by atoms with E-state index >= 15 is 0 Å². The minimum Gasteiger partial charge on any atom is -0.486 e. The Kier molecular flexibility index (Phi) is 7.33. The number of ether oxygens (including phenoxy) is 2. The van der Waals surface area contributed by atoms with Crippen LogP contribution < -0.4 is 10.3 Å². The van der Waals surface area contributed by atoms with Crippen LogP contribution in [0.2, 0.25) is 25.7 Å². The first kappa shape index (κ1) is 24.6. The van der Waals surface area contributed by atoms with Gasteiger partial charge in [-0.15, -0.1) is 0 Å². The lowest BCUT2D eigenvalue weighted by Gasteiger charge is -2.18. The predicted molar refractivity (Wildman–Crippen MR) is 126 cm³/mol. The molecule has 0 amide bonds. The molecule has 11 heteroatoms. The second-order valence-corrected chi connectivity index (χ2v) is 15.0. The molecule has 3 aromatic rings. The molecule has 0 spiro atoms. The van der Waals surface area contributed by atoms with Crippen molar-refractivity contribution in [1.29, 1.82) is 0 Å². The Morgan fingerprint density at radius 3 is 2.67 bits per heavy atom. The zero-order valence-electron chi connectivity index (χ0n) is 19.5. The summed E-state index contributed by atoms with van der Waals surface area (Å²) < 4.78 is 29.3. The lowest BCUT2D eigenvalue weighted by atomic mass is 10.3. The number of hydrogen-bond acceptors (Lipinski definition) is 6. The summed E-state index contributed by atoms with van der Waals surface area (Å²) in [5, 5.41) is 11.2. The molecule has 0 aromatic carbocycles. The van der Waals surface area contributed by atoms with Gasteiger partial charge in [0, 0.05) is 32.6 Å². The minimum absolute atomic E-state index is 0.0248. The van der Waals surface area contributed by atoms with Crippen LogP contribution in [0.1, 0.15) is 19.5 Å². The Balaban J connectivity index is 2.07. The molecule has 3 rings (SSSR count). The number of halogens is 1. The maximum atomic E-state index is 14.7. The largest absolute Gasteiger partial charge is 0.486 e. The predicted octanol–water partition coefficient (Wildman–Crippen LogP) is 4.39. The zero-order chi connectivity index (χ0) is 24.3. The van der Waals surface area contributed by atoms with Gasteiger partial charge in [0.2, 0.25) is 0 Å². The molecular weight excluding hydrogens is 447 g/mol. The van der Waals surface area contributed by atoms with E-state index in [0.29, 0.717) is 23.3 Å². The second kappa shape index (κ2) is 9.83. The molecule has 178 valence electrons. The van der Waals surface area contributed by atoms with Crippen molar-refractivity contribution in [2.24, 2.45) is 0 Å². The summed E-state index contributed by atoms with van der Waals surface area (Å²) in [5.74, 6) is -0.543. The molecule has 3 aromatic heterocycles. The normalized spacial score (nSPS) is 12.0. The Labute approximate surface area is 191 Å². The molecule has 0 fully saturated rings. The summed E-state index contributed by atoms with van der Waals surface area (Å²) in [6.07, 6.45) is 2.30. The van der Waals surface area contributed by atoms with Gasteiger partial charge in [-0.3, -0.25) is 19.9 Å². The van der Waals surface area contributed by atoms with E-state index in [1.807, 2.05) is 0 Å². The van der Waals surface area contributed by atoms with Gasteiger partial charge >= 0.3 is 11.2 Å². The molecule has 0 bridgehead atoms. The number of fused-ring (bicyclic) bond motifs is 1. The first-order chi connectivity index (χ1) is 15.5. The summed E-state index contributed by atoms with van der Waals surface area (Å²) in [4.78, 5) is 27.2. The Bertz CT molecular complexity index is 1220. The van der Waals surface area contributed by atoms with E-state index in [0.717, 1.165) is 12.2 Å². The average molecular weight is 477 g/mol. The zero-order valence-corrected chi connectivity index (χ0v) is 20.5. The van der Waals surface area contributed by atoms with Crippen LogP contribution >= 0.6 is 0 Å². The number of aromatic nitrogens is 3. The molecule has 0 aliphatic carbocycles. The maximum Gasteiger partial charge on any atom is 0.334 e. The summed E-state index contributed by atoms with van der Waals surface area (Å²) in [7, 11) is -1.31. The SMILES string of the molecule is CC(C)Oc1c(F)cnc2cc(Cn3cccc([N+](=O)[O-])c3=O)n(COCC[Si](C)(C)C)c12. The van der Waals surface area contributed by atoms with E-state index in [1.165, 1.54) is 22.9 Å². The monoisotopic (exact) mass is 476 g/mol. The highest BCUT2D eigenvalue weighted by Crippen LogP contribution is 2.31. The van der Waals surface area contributed by atoms with Crippen LogP contribution in [0.15, 0.2) is 35.4 Å². The van der Waals surface area contributed by atoms with Gasteiger partial charge in [0.05, 0.1) is 29.3 Å². The third-order valence-corrected chi connectivity index (χ3v) is 6.72. The van der Waals surface area contributed by atoms with Gasteiger partial charge in [0.25, 0.3) is 0 Å². The Morgan fingerprint density at radius 1 is 1.30 bits per heavy atom. The van der Waals surface area contributed by atoms with Crippen LogP contribution in [0.25, 0.3) is 11.0 Å². The van der Waals surface area contributed by atoms with Crippen LogP contribution in [0.4, 0.5) is 10.1 Å². The fourth-order valence-electron chi connectivity index (χ4n) is 3.34. The summed E-state index contributed by atoms with van der Waals surface area (Å²) in [6, 6.07) is 5.28. The van der Waals surface area contributed by atoms with Crippen molar-refractivity contribution in [2.45, 2.75) is 58.9 Å². The Morgan fingerprint density at radius 2 is 2.03 bits per heavy atom. The van der Waals surface area contributed by atoms with Crippen molar-refractivity contribution >= 4 is 24.8 Å². The standard InChI is InChI=1S/C22H29FN4O5Si/c1-15(2)32-21-17(23)12-24-18-11-16(13-25-8-6-7-19(22(25)28)27(29)30)26(20(18)21)14-31-9-10-33(3,4)5/h6-8,11-12,15H,9-10,13-14H2,1-5H3. The fraction of sp³-hybridized carbons (Fsp3) is 0.455. The van der Waals surface area contributed by atoms with Crippen molar-refractivity contribution in [3.63, 3.8) is 0 Å².